The fourth-order valence-corrected chi connectivity index (χ4v) is 4.64. The summed E-state index contributed by atoms with van der Waals surface area (Å²) in [7, 11) is 0. The minimum absolute atomic E-state index is 0.184. The molecule has 2 aliphatic rings. The third-order valence-corrected chi connectivity index (χ3v) is 5.92. The highest BCUT2D eigenvalue weighted by molar-refractivity contribution is 5.79. The molecule has 0 bridgehead atoms. The van der Waals surface area contributed by atoms with Gasteiger partial charge in [0.15, 0.2) is 0 Å². The lowest BCUT2D eigenvalue weighted by atomic mass is 9.82. The summed E-state index contributed by atoms with van der Waals surface area (Å²) in [4.78, 5) is 23.8. The minimum atomic E-state index is -0.448. The molecule has 0 unspecified atom stereocenters. The number of carbonyl (C=O) groups excluding carboxylic acids is 2. The fraction of sp³-hybridized carbons (Fsp3) is 0.727. The van der Waals surface area contributed by atoms with Gasteiger partial charge in [-0.25, -0.2) is 0 Å². The van der Waals surface area contributed by atoms with Crippen molar-refractivity contribution in [3.8, 4) is 0 Å². The van der Waals surface area contributed by atoms with Crippen molar-refractivity contribution in [1.29, 1.82) is 0 Å². The number of Topliss-reactive ketones (excluding diaryl/α,β-unsaturated/α-hetero) is 1. The lowest BCUT2D eigenvalue weighted by molar-refractivity contribution is -0.157. The SMILES string of the molecule is C=C1CCC([C@@H](C)CC(=O)CC(C)C)=C[C@H]2[C@H]1CC[C@]2(C)OC(C)=O. The Balaban J connectivity index is 2.21. The van der Waals surface area contributed by atoms with Crippen LogP contribution >= 0.6 is 0 Å². The molecular formula is C22H34O3. The quantitative estimate of drug-likeness (QED) is 0.487. The number of ketones is 1. The van der Waals surface area contributed by atoms with Gasteiger partial charge in [-0.15, -0.1) is 0 Å². The summed E-state index contributed by atoms with van der Waals surface area (Å²) in [5, 5.41) is 0. The van der Waals surface area contributed by atoms with E-state index in [1.54, 1.807) is 0 Å². The number of hydrogen-bond donors (Lipinski definition) is 0. The number of ether oxygens (including phenoxy) is 1. The van der Waals surface area contributed by atoms with Crippen LogP contribution in [0.4, 0.5) is 0 Å². The van der Waals surface area contributed by atoms with Crippen molar-refractivity contribution in [1.82, 2.24) is 0 Å². The van der Waals surface area contributed by atoms with Gasteiger partial charge in [0.1, 0.15) is 11.4 Å². The Labute approximate surface area is 152 Å². The second-order valence-electron chi connectivity index (χ2n) is 8.72. The smallest absolute Gasteiger partial charge is 0.303 e. The number of rotatable bonds is 6. The highest BCUT2D eigenvalue weighted by Gasteiger charge is 2.48. The van der Waals surface area contributed by atoms with Crippen LogP contribution in [0.3, 0.4) is 0 Å². The van der Waals surface area contributed by atoms with Crippen molar-refractivity contribution in [3.63, 3.8) is 0 Å². The molecule has 0 aromatic carbocycles. The summed E-state index contributed by atoms with van der Waals surface area (Å²) in [5.74, 6) is 1.36. The van der Waals surface area contributed by atoms with Crippen molar-refractivity contribution in [3.05, 3.63) is 23.8 Å². The standard InChI is InChI=1S/C22H34O3/c1-14(2)11-19(24)12-16(4)18-8-7-15(3)20-9-10-22(6,21(20)13-18)25-17(5)23/h13-14,16,20-21H,3,7-12H2,1-2,4-6H3/t16-,20-,21-,22-/m0/s1. The Morgan fingerprint density at radius 2 is 1.96 bits per heavy atom. The summed E-state index contributed by atoms with van der Waals surface area (Å²) in [6.07, 6.45) is 7.44. The topological polar surface area (TPSA) is 43.4 Å². The summed E-state index contributed by atoms with van der Waals surface area (Å²) in [5.41, 5.74) is 2.16. The number of fused-ring (bicyclic) bond motifs is 1. The third-order valence-electron chi connectivity index (χ3n) is 5.92. The summed E-state index contributed by atoms with van der Waals surface area (Å²) < 4.78 is 5.74. The number of allylic oxidation sites excluding steroid dienone is 2. The van der Waals surface area contributed by atoms with Gasteiger partial charge < -0.3 is 4.74 Å². The molecule has 3 heteroatoms. The largest absolute Gasteiger partial charge is 0.459 e. The average molecular weight is 347 g/mol. The summed E-state index contributed by atoms with van der Waals surface area (Å²) >= 11 is 0. The number of carbonyl (C=O) groups is 2. The molecule has 2 rings (SSSR count). The van der Waals surface area contributed by atoms with Crippen LogP contribution in [0.5, 0.6) is 0 Å². The Hall–Kier alpha value is -1.38. The van der Waals surface area contributed by atoms with E-state index in [2.05, 4.69) is 40.3 Å². The molecule has 0 amide bonds. The molecule has 2 aliphatic carbocycles. The molecule has 0 heterocycles. The zero-order valence-electron chi connectivity index (χ0n) is 16.6. The van der Waals surface area contributed by atoms with Gasteiger partial charge in [-0.2, -0.15) is 0 Å². The van der Waals surface area contributed by atoms with E-state index in [1.807, 2.05) is 0 Å². The highest BCUT2D eigenvalue weighted by Crippen LogP contribution is 2.50. The Morgan fingerprint density at radius 3 is 2.56 bits per heavy atom. The van der Waals surface area contributed by atoms with Crippen molar-refractivity contribution in [2.75, 3.05) is 0 Å². The maximum atomic E-state index is 12.2. The minimum Gasteiger partial charge on any atom is -0.459 e. The normalized spacial score (nSPS) is 30.5. The zero-order valence-corrected chi connectivity index (χ0v) is 16.6. The van der Waals surface area contributed by atoms with Gasteiger partial charge in [-0.3, -0.25) is 9.59 Å². The van der Waals surface area contributed by atoms with Gasteiger partial charge in [-0.05, 0) is 50.4 Å². The molecule has 1 saturated carbocycles. The van der Waals surface area contributed by atoms with Gasteiger partial charge in [-0.1, -0.05) is 44.6 Å². The van der Waals surface area contributed by atoms with Crippen molar-refractivity contribution < 1.29 is 14.3 Å². The zero-order chi connectivity index (χ0) is 18.8. The number of hydrogen-bond acceptors (Lipinski definition) is 3. The molecule has 0 spiro atoms. The van der Waals surface area contributed by atoms with E-state index < -0.39 is 5.60 Å². The second kappa shape index (κ2) is 7.88. The van der Waals surface area contributed by atoms with Gasteiger partial charge in [0, 0.05) is 25.7 Å². The van der Waals surface area contributed by atoms with Crippen LogP contribution in [0.1, 0.15) is 73.1 Å². The van der Waals surface area contributed by atoms with Crippen LogP contribution in [0.15, 0.2) is 23.8 Å². The van der Waals surface area contributed by atoms with Gasteiger partial charge >= 0.3 is 5.97 Å². The molecule has 4 atom stereocenters. The molecule has 0 aliphatic heterocycles. The molecule has 3 nitrogen and oxygen atoms in total. The van der Waals surface area contributed by atoms with Crippen LogP contribution < -0.4 is 0 Å². The van der Waals surface area contributed by atoms with E-state index >= 15 is 0 Å². The van der Waals surface area contributed by atoms with Crippen molar-refractivity contribution in [2.24, 2.45) is 23.7 Å². The predicted molar refractivity (Wildman–Crippen MR) is 101 cm³/mol. The van der Waals surface area contributed by atoms with Crippen LogP contribution in [-0.4, -0.2) is 17.4 Å². The fourth-order valence-electron chi connectivity index (χ4n) is 4.64. The molecule has 25 heavy (non-hydrogen) atoms. The average Bonchev–Trinajstić information content (AvgIpc) is 2.66. The van der Waals surface area contributed by atoms with Crippen molar-refractivity contribution >= 4 is 11.8 Å². The molecule has 0 radical (unpaired) electrons. The molecule has 0 aromatic rings. The summed E-state index contributed by atoms with van der Waals surface area (Å²) in [6, 6.07) is 0. The Kier molecular flexibility index (Phi) is 6.29. The molecular weight excluding hydrogens is 312 g/mol. The van der Waals surface area contributed by atoms with Gasteiger partial charge in [0.25, 0.3) is 0 Å². The first-order valence-electron chi connectivity index (χ1n) is 9.72. The molecule has 1 fully saturated rings. The molecule has 0 aromatic heterocycles. The first kappa shape index (κ1) is 19.9. The summed E-state index contributed by atoms with van der Waals surface area (Å²) in [6.45, 7) is 14.2. The molecule has 0 saturated heterocycles. The van der Waals surface area contributed by atoms with Crippen molar-refractivity contribution in [2.45, 2.75) is 78.7 Å². The van der Waals surface area contributed by atoms with Crippen LogP contribution in [0, 0.1) is 23.7 Å². The predicted octanol–water partition coefficient (Wildman–Crippen LogP) is 5.25. The van der Waals surface area contributed by atoms with E-state index in [1.165, 1.54) is 18.1 Å². The second-order valence-corrected chi connectivity index (χ2v) is 8.72. The van der Waals surface area contributed by atoms with E-state index in [9.17, 15) is 9.59 Å². The van der Waals surface area contributed by atoms with E-state index in [-0.39, 0.29) is 17.8 Å². The highest BCUT2D eigenvalue weighted by atomic mass is 16.6. The first-order chi connectivity index (χ1) is 11.6. The lowest BCUT2D eigenvalue weighted by Gasteiger charge is -2.32. The van der Waals surface area contributed by atoms with Gasteiger partial charge in [0.2, 0.25) is 0 Å². The molecule has 0 N–H and O–H groups in total. The Bertz CT molecular complexity index is 572. The third kappa shape index (κ3) is 4.83. The van der Waals surface area contributed by atoms with Crippen LogP contribution in [-0.2, 0) is 14.3 Å². The first-order valence-corrected chi connectivity index (χ1v) is 9.72. The Morgan fingerprint density at radius 1 is 1.28 bits per heavy atom. The maximum Gasteiger partial charge on any atom is 0.303 e. The number of esters is 1. The van der Waals surface area contributed by atoms with E-state index in [0.717, 1.165) is 25.7 Å². The maximum absolute atomic E-state index is 12.2. The monoisotopic (exact) mass is 346 g/mol. The van der Waals surface area contributed by atoms with Crippen LogP contribution in [0.25, 0.3) is 0 Å². The van der Waals surface area contributed by atoms with Gasteiger partial charge in [0.05, 0.1) is 0 Å². The van der Waals surface area contributed by atoms with E-state index in [0.29, 0.717) is 30.5 Å². The van der Waals surface area contributed by atoms with Crippen LogP contribution in [0.2, 0.25) is 0 Å². The molecule has 140 valence electrons. The lowest BCUT2D eigenvalue weighted by Crippen LogP contribution is -2.36. The van der Waals surface area contributed by atoms with E-state index in [4.69, 9.17) is 4.74 Å².